The Bertz CT molecular complexity index is 2470. The number of fused-ring (bicyclic) bond motifs is 4. The molecule has 0 amide bonds. The average Bonchev–Trinajstić information content (AvgIpc) is 3.74. The summed E-state index contributed by atoms with van der Waals surface area (Å²) in [6.45, 7) is 4.29. The summed E-state index contributed by atoms with van der Waals surface area (Å²) in [5.41, 5.74) is 10.7. The van der Waals surface area contributed by atoms with E-state index in [2.05, 4.69) is 119 Å². The van der Waals surface area contributed by atoms with Crippen LogP contribution in [-0.2, 0) is 20.1 Å². The Morgan fingerprint density at radius 3 is 2.20 bits per heavy atom. The number of hydrogen-bond acceptors (Lipinski definition) is 4. The third kappa shape index (κ3) is 6.23. The molecule has 4 aromatic heterocycles. The van der Waals surface area contributed by atoms with Gasteiger partial charge in [-0.1, -0.05) is 90.7 Å². The zero-order valence-corrected chi connectivity index (χ0v) is 30.1. The first kappa shape index (κ1) is 32.3. The van der Waals surface area contributed by atoms with E-state index in [9.17, 15) is 0 Å². The van der Waals surface area contributed by atoms with Crippen molar-refractivity contribution in [1.82, 2.24) is 19.5 Å². The molecule has 0 aliphatic carbocycles. The van der Waals surface area contributed by atoms with Crippen LogP contribution in [0.15, 0.2) is 146 Å². The Kier molecular flexibility index (Phi) is 9.27. The molecule has 9 aromatic rings. The van der Waals surface area contributed by atoms with Gasteiger partial charge in [-0.25, -0.2) is 4.98 Å². The molecule has 0 saturated heterocycles. The smallest absolute Gasteiger partial charge is 0.168 e. The van der Waals surface area contributed by atoms with E-state index < -0.39 is 0 Å². The minimum absolute atomic E-state index is 0. The molecule has 0 aliphatic rings. The van der Waals surface area contributed by atoms with Crippen LogP contribution in [-0.4, -0.2) is 19.5 Å². The summed E-state index contributed by atoms with van der Waals surface area (Å²) in [6, 6.07) is 52.3. The van der Waals surface area contributed by atoms with E-state index in [-0.39, 0.29) is 20.1 Å². The van der Waals surface area contributed by atoms with Crippen LogP contribution in [0.3, 0.4) is 0 Å². The fraction of sp³-hybridized carbons (Fsp3) is 0.0465. The van der Waals surface area contributed by atoms with Crippen LogP contribution in [0.4, 0.5) is 0 Å². The van der Waals surface area contributed by atoms with Crippen LogP contribution in [0.1, 0.15) is 11.1 Å². The molecule has 6 heteroatoms. The van der Waals surface area contributed by atoms with Crippen molar-refractivity contribution < 1.29 is 20.1 Å². The number of para-hydroxylation sites is 1. The summed E-state index contributed by atoms with van der Waals surface area (Å²) in [5.74, 6) is 0.873. The maximum Gasteiger partial charge on any atom is 0.168 e. The first-order valence-corrected chi connectivity index (χ1v) is 16.7. The van der Waals surface area contributed by atoms with Gasteiger partial charge >= 0.3 is 0 Å². The van der Waals surface area contributed by atoms with Crippen molar-refractivity contribution in [1.29, 1.82) is 0 Å². The van der Waals surface area contributed by atoms with Gasteiger partial charge in [-0.2, -0.15) is 11.3 Å². The van der Waals surface area contributed by atoms with Gasteiger partial charge in [0, 0.05) is 42.9 Å². The Morgan fingerprint density at radius 2 is 1.45 bits per heavy atom. The molecule has 0 N–H and O–H groups in total. The first-order valence-electron chi connectivity index (χ1n) is 15.9. The van der Waals surface area contributed by atoms with Crippen LogP contribution >= 0.6 is 11.3 Å². The van der Waals surface area contributed by atoms with E-state index in [0.29, 0.717) is 0 Å². The maximum atomic E-state index is 5.06. The SMILES string of the molecule is Cc1c[c-]c(-c2nc3nccc(C)c3n2-c2ccccc2)c2sc3cc(-c4ccccc4)ccc3c12.[Ir].[c-]1ccccc1-c1ccccn1. The number of aromatic nitrogens is 4. The van der Waals surface area contributed by atoms with Gasteiger partial charge in [0.2, 0.25) is 0 Å². The number of benzene rings is 5. The molecule has 4 heterocycles. The molecular weight excluding hydrogens is 797 g/mol. The van der Waals surface area contributed by atoms with Crippen molar-refractivity contribution in [2.75, 3.05) is 0 Å². The molecule has 0 spiro atoms. The van der Waals surface area contributed by atoms with Crippen molar-refractivity contribution in [3.8, 4) is 39.5 Å². The Balaban J connectivity index is 0.000000246. The van der Waals surface area contributed by atoms with E-state index in [1.54, 1.807) is 6.20 Å². The molecule has 49 heavy (non-hydrogen) atoms. The largest absolute Gasteiger partial charge is 0.332 e. The van der Waals surface area contributed by atoms with Gasteiger partial charge in [-0.3, -0.25) is 4.98 Å². The van der Waals surface area contributed by atoms with Gasteiger partial charge in [0.05, 0.1) is 11.3 Å². The summed E-state index contributed by atoms with van der Waals surface area (Å²) in [6.07, 6.45) is 3.62. The normalized spacial score (nSPS) is 10.9. The molecule has 1 radical (unpaired) electrons. The monoisotopic (exact) mass is 827 g/mol. The second-order valence-corrected chi connectivity index (χ2v) is 12.7. The second-order valence-electron chi connectivity index (χ2n) is 11.6. The molecule has 0 atom stereocenters. The molecule has 4 nitrogen and oxygen atoms in total. The van der Waals surface area contributed by atoms with E-state index in [1.165, 1.54) is 36.9 Å². The van der Waals surface area contributed by atoms with Crippen molar-refractivity contribution >= 4 is 42.7 Å². The molecule has 0 fully saturated rings. The van der Waals surface area contributed by atoms with Gasteiger partial charge in [-0.05, 0) is 69.7 Å². The molecular formula is C43H30IrN4S-2. The van der Waals surface area contributed by atoms with E-state index in [0.717, 1.165) is 45.1 Å². The minimum Gasteiger partial charge on any atom is -0.332 e. The molecule has 0 unspecified atom stereocenters. The van der Waals surface area contributed by atoms with Crippen molar-refractivity contribution in [2.24, 2.45) is 0 Å². The number of nitrogens with zero attached hydrogens (tertiary/aromatic N) is 4. The number of pyridine rings is 2. The zero-order valence-electron chi connectivity index (χ0n) is 26.9. The number of thiophene rings is 1. The molecule has 0 bridgehead atoms. The van der Waals surface area contributed by atoms with Crippen molar-refractivity contribution in [2.45, 2.75) is 13.8 Å². The quantitative estimate of drug-likeness (QED) is 0.166. The Labute approximate surface area is 303 Å². The third-order valence-corrected chi connectivity index (χ3v) is 9.66. The summed E-state index contributed by atoms with van der Waals surface area (Å²) >= 11 is 1.82. The van der Waals surface area contributed by atoms with Crippen molar-refractivity contribution in [3.63, 3.8) is 0 Å². The van der Waals surface area contributed by atoms with Crippen LogP contribution in [0.25, 0.3) is 70.8 Å². The van der Waals surface area contributed by atoms with Gasteiger partial charge in [0.1, 0.15) is 0 Å². The molecule has 5 aromatic carbocycles. The van der Waals surface area contributed by atoms with Gasteiger partial charge in [-0.15, -0.1) is 53.6 Å². The first-order chi connectivity index (χ1) is 23.7. The number of rotatable bonds is 4. The molecule has 239 valence electrons. The molecule has 0 saturated carbocycles. The summed E-state index contributed by atoms with van der Waals surface area (Å²) in [7, 11) is 0. The predicted molar refractivity (Wildman–Crippen MR) is 199 cm³/mol. The zero-order chi connectivity index (χ0) is 32.5. The van der Waals surface area contributed by atoms with E-state index >= 15 is 0 Å². The number of aryl methyl sites for hydroxylation is 2. The number of imidazole rings is 1. The fourth-order valence-electron chi connectivity index (χ4n) is 6.18. The summed E-state index contributed by atoms with van der Waals surface area (Å²) < 4.78 is 4.71. The van der Waals surface area contributed by atoms with Gasteiger partial charge in [0.25, 0.3) is 0 Å². The summed E-state index contributed by atoms with van der Waals surface area (Å²) in [5, 5.41) is 2.55. The van der Waals surface area contributed by atoms with E-state index in [4.69, 9.17) is 4.98 Å². The summed E-state index contributed by atoms with van der Waals surface area (Å²) in [4.78, 5) is 13.9. The fourth-order valence-corrected chi connectivity index (χ4v) is 7.49. The van der Waals surface area contributed by atoms with Crippen molar-refractivity contribution in [3.05, 3.63) is 169 Å². The standard InChI is InChI=1S/C32H22N3S.C11H8N.Ir/c1-20-13-15-26(30-28(20)25-16-14-23(19-27(25)36-30)22-9-5-3-6-10-22)32-34-31-29(21(2)17-18-33-31)35(32)24-11-7-4-8-12-24;1-2-6-10(7-3-1)11-8-4-5-9-12-11;/h3-14,16-19H,1-2H3;1-6,8-9H;/q2*-1;. The van der Waals surface area contributed by atoms with Gasteiger partial charge in [0.15, 0.2) is 5.65 Å². The van der Waals surface area contributed by atoms with Crippen LogP contribution < -0.4 is 0 Å². The molecule has 9 rings (SSSR count). The topological polar surface area (TPSA) is 43.6 Å². The van der Waals surface area contributed by atoms with Crippen LogP contribution in [0.5, 0.6) is 0 Å². The minimum atomic E-state index is 0. The Hall–Kier alpha value is -5.26. The van der Waals surface area contributed by atoms with Gasteiger partial charge < -0.3 is 9.55 Å². The maximum absolute atomic E-state index is 5.06. The van der Waals surface area contributed by atoms with Crippen LogP contribution in [0.2, 0.25) is 0 Å². The average molecular weight is 827 g/mol. The van der Waals surface area contributed by atoms with Crippen LogP contribution in [0, 0.1) is 26.0 Å². The number of hydrogen-bond donors (Lipinski definition) is 0. The molecule has 0 aliphatic heterocycles. The predicted octanol–water partition coefficient (Wildman–Crippen LogP) is 11.1. The third-order valence-electron chi connectivity index (χ3n) is 8.49. The second kappa shape index (κ2) is 14.1. The van der Waals surface area contributed by atoms with E-state index in [1.807, 2.05) is 72.1 Å². The Morgan fingerprint density at radius 1 is 0.673 bits per heavy atom.